The van der Waals surface area contributed by atoms with E-state index in [4.69, 9.17) is 19.9 Å². The maximum absolute atomic E-state index is 12.6. The summed E-state index contributed by atoms with van der Waals surface area (Å²) >= 11 is 0. The van der Waals surface area contributed by atoms with Crippen molar-refractivity contribution in [2.24, 2.45) is 5.73 Å². The van der Waals surface area contributed by atoms with Gasteiger partial charge in [-0.25, -0.2) is 0 Å². The Morgan fingerprint density at radius 3 is 2.65 bits per heavy atom. The number of methoxy groups -OCH3 is 1. The SMILES string of the molecule is COCC(N)C(=O)N(C)Cc1cc2c(cc1OC(F)F)OCO2. The first-order chi connectivity index (χ1) is 10.9. The summed E-state index contributed by atoms with van der Waals surface area (Å²) in [4.78, 5) is 13.4. The molecule has 1 heterocycles. The number of nitrogens with zero attached hydrogens (tertiary/aromatic N) is 1. The van der Waals surface area contributed by atoms with Crippen LogP contribution < -0.4 is 19.9 Å². The highest BCUT2D eigenvalue weighted by molar-refractivity contribution is 5.81. The van der Waals surface area contributed by atoms with Crippen LogP contribution in [0.3, 0.4) is 0 Å². The van der Waals surface area contributed by atoms with E-state index in [1.807, 2.05) is 0 Å². The molecule has 0 saturated carbocycles. The third-order valence-corrected chi connectivity index (χ3v) is 3.22. The zero-order valence-electron chi connectivity index (χ0n) is 12.8. The van der Waals surface area contributed by atoms with Crippen LogP contribution in [-0.2, 0) is 16.1 Å². The maximum atomic E-state index is 12.6. The van der Waals surface area contributed by atoms with E-state index in [1.54, 1.807) is 0 Å². The van der Waals surface area contributed by atoms with Gasteiger partial charge in [0.25, 0.3) is 0 Å². The number of rotatable bonds is 7. The van der Waals surface area contributed by atoms with Gasteiger partial charge in [-0.05, 0) is 6.07 Å². The number of carbonyl (C=O) groups excluding carboxylic acids is 1. The van der Waals surface area contributed by atoms with Crippen molar-refractivity contribution >= 4 is 5.91 Å². The summed E-state index contributed by atoms with van der Waals surface area (Å²) in [6.45, 7) is -2.91. The zero-order chi connectivity index (χ0) is 17.0. The summed E-state index contributed by atoms with van der Waals surface area (Å²) in [6, 6.07) is 1.99. The van der Waals surface area contributed by atoms with Gasteiger partial charge in [0.15, 0.2) is 11.5 Å². The molecule has 9 heteroatoms. The van der Waals surface area contributed by atoms with Crippen LogP contribution in [0.15, 0.2) is 12.1 Å². The summed E-state index contributed by atoms with van der Waals surface area (Å²) in [5.41, 5.74) is 6.04. The molecule has 0 saturated heterocycles. The number of ether oxygens (including phenoxy) is 4. The Bertz CT molecular complexity index is 570. The zero-order valence-corrected chi connectivity index (χ0v) is 12.8. The van der Waals surface area contributed by atoms with E-state index in [0.717, 1.165) is 0 Å². The molecule has 128 valence electrons. The monoisotopic (exact) mass is 332 g/mol. The molecule has 1 atom stereocenters. The molecule has 2 N–H and O–H groups in total. The fourth-order valence-electron chi connectivity index (χ4n) is 2.16. The number of hydrogen-bond donors (Lipinski definition) is 1. The molecule has 7 nitrogen and oxygen atoms in total. The van der Waals surface area contributed by atoms with Crippen LogP contribution in [0.5, 0.6) is 17.2 Å². The van der Waals surface area contributed by atoms with Gasteiger partial charge in [-0.3, -0.25) is 4.79 Å². The highest BCUT2D eigenvalue weighted by Crippen LogP contribution is 2.39. The quantitative estimate of drug-likeness (QED) is 0.800. The molecule has 1 unspecified atom stereocenters. The molecule has 0 fully saturated rings. The fourth-order valence-corrected chi connectivity index (χ4v) is 2.16. The van der Waals surface area contributed by atoms with E-state index >= 15 is 0 Å². The maximum Gasteiger partial charge on any atom is 0.387 e. The third kappa shape index (κ3) is 4.20. The molecule has 1 aromatic rings. The molecule has 2 rings (SSSR count). The van der Waals surface area contributed by atoms with Crippen LogP contribution >= 0.6 is 0 Å². The van der Waals surface area contributed by atoms with Crippen LogP contribution in [0.2, 0.25) is 0 Å². The largest absolute Gasteiger partial charge is 0.454 e. The van der Waals surface area contributed by atoms with Crippen LogP contribution in [0, 0.1) is 0 Å². The van der Waals surface area contributed by atoms with E-state index in [-0.39, 0.29) is 31.6 Å². The van der Waals surface area contributed by atoms with Crippen molar-refractivity contribution in [1.29, 1.82) is 0 Å². The van der Waals surface area contributed by atoms with E-state index in [1.165, 1.54) is 31.2 Å². The molecule has 1 aliphatic heterocycles. The Morgan fingerprint density at radius 2 is 2.04 bits per heavy atom. The topological polar surface area (TPSA) is 83.3 Å². The summed E-state index contributed by atoms with van der Waals surface area (Å²) in [5, 5.41) is 0. The number of carbonyl (C=O) groups is 1. The highest BCUT2D eigenvalue weighted by atomic mass is 19.3. The van der Waals surface area contributed by atoms with Crippen LogP contribution in [0.25, 0.3) is 0 Å². The second-order valence-electron chi connectivity index (χ2n) is 4.95. The molecule has 0 bridgehead atoms. The minimum atomic E-state index is -2.99. The van der Waals surface area contributed by atoms with Crippen molar-refractivity contribution in [2.45, 2.75) is 19.2 Å². The van der Waals surface area contributed by atoms with Crippen LogP contribution in [0.4, 0.5) is 8.78 Å². The number of amides is 1. The van der Waals surface area contributed by atoms with E-state index in [0.29, 0.717) is 17.1 Å². The van der Waals surface area contributed by atoms with E-state index in [2.05, 4.69) is 4.74 Å². The minimum Gasteiger partial charge on any atom is -0.454 e. The van der Waals surface area contributed by atoms with Gasteiger partial charge in [-0.1, -0.05) is 0 Å². The molecular formula is C14H18F2N2O5. The average molecular weight is 332 g/mol. The van der Waals surface area contributed by atoms with Crippen molar-refractivity contribution in [3.05, 3.63) is 17.7 Å². The molecule has 0 spiro atoms. The van der Waals surface area contributed by atoms with Crippen molar-refractivity contribution in [2.75, 3.05) is 27.6 Å². The molecular weight excluding hydrogens is 314 g/mol. The average Bonchev–Trinajstić information content (AvgIpc) is 2.93. The van der Waals surface area contributed by atoms with E-state index < -0.39 is 12.7 Å². The Kier molecular flexibility index (Phi) is 5.56. The smallest absolute Gasteiger partial charge is 0.387 e. The van der Waals surface area contributed by atoms with Gasteiger partial charge in [0, 0.05) is 32.3 Å². The Labute approximate surface area is 131 Å². The first-order valence-electron chi connectivity index (χ1n) is 6.79. The van der Waals surface area contributed by atoms with Crippen molar-refractivity contribution in [3.63, 3.8) is 0 Å². The van der Waals surface area contributed by atoms with Crippen molar-refractivity contribution < 1.29 is 32.5 Å². The lowest BCUT2D eigenvalue weighted by Crippen LogP contribution is -2.44. The molecule has 0 radical (unpaired) electrons. The number of hydrogen-bond acceptors (Lipinski definition) is 6. The van der Waals surface area contributed by atoms with Gasteiger partial charge in [0.1, 0.15) is 11.8 Å². The summed E-state index contributed by atoms with van der Waals surface area (Å²) in [5.74, 6) is 0.259. The Morgan fingerprint density at radius 1 is 1.39 bits per heavy atom. The first kappa shape index (κ1) is 17.2. The molecule has 1 aliphatic rings. The Balaban J connectivity index is 2.19. The van der Waals surface area contributed by atoms with Gasteiger partial charge in [0.05, 0.1) is 6.61 Å². The lowest BCUT2D eigenvalue weighted by molar-refractivity contribution is -0.133. The molecule has 1 amide bonds. The number of likely N-dealkylation sites (N-methyl/N-ethyl adjacent to an activating group) is 1. The summed E-state index contributed by atoms with van der Waals surface area (Å²) in [7, 11) is 2.94. The first-order valence-corrected chi connectivity index (χ1v) is 6.79. The second kappa shape index (κ2) is 7.42. The van der Waals surface area contributed by atoms with E-state index in [9.17, 15) is 13.6 Å². The predicted octanol–water partition coefficient (Wildman–Crippen LogP) is 0.949. The molecule has 23 heavy (non-hydrogen) atoms. The number of nitrogens with two attached hydrogens (primary N) is 1. The number of benzene rings is 1. The molecule has 1 aromatic carbocycles. The number of alkyl halides is 2. The van der Waals surface area contributed by atoms with Crippen LogP contribution in [-0.4, -0.2) is 51.0 Å². The predicted molar refractivity (Wildman–Crippen MR) is 75.5 cm³/mol. The number of fused-ring (bicyclic) bond motifs is 1. The van der Waals surface area contributed by atoms with Gasteiger partial charge >= 0.3 is 6.61 Å². The van der Waals surface area contributed by atoms with Gasteiger partial charge in [-0.2, -0.15) is 8.78 Å². The Hall–Kier alpha value is -2.13. The minimum absolute atomic E-state index is 0.000385. The fraction of sp³-hybridized carbons (Fsp3) is 0.500. The molecule has 0 aromatic heterocycles. The number of halogens is 2. The van der Waals surface area contributed by atoms with Gasteiger partial charge < -0.3 is 29.6 Å². The van der Waals surface area contributed by atoms with Crippen molar-refractivity contribution in [1.82, 2.24) is 4.90 Å². The van der Waals surface area contributed by atoms with Crippen molar-refractivity contribution in [3.8, 4) is 17.2 Å². The standard InChI is InChI=1S/C14H18F2N2O5/c1-18(13(19)9(17)6-20-2)5-8-3-11-12(22-7-21-11)4-10(8)23-14(15)16/h3-4,9,14H,5-7,17H2,1-2H3. The normalized spacial score (nSPS) is 14.0. The summed E-state index contributed by atoms with van der Waals surface area (Å²) in [6.07, 6.45) is 0. The van der Waals surface area contributed by atoms with Gasteiger partial charge in [-0.15, -0.1) is 0 Å². The van der Waals surface area contributed by atoms with Gasteiger partial charge in [0.2, 0.25) is 12.7 Å². The third-order valence-electron chi connectivity index (χ3n) is 3.22. The second-order valence-corrected chi connectivity index (χ2v) is 4.95. The highest BCUT2D eigenvalue weighted by Gasteiger charge is 2.23. The van der Waals surface area contributed by atoms with Crippen LogP contribution in [0.1, 0.15) is 5.56 Å². The lowest BCUT2D eigenvalue weighted by atomic mass is 10.1. The molecule has 0 aliphatic carbocycles. The summed E-state index contributed by atoms with van der Waals surface area (Å²) < 4.78 is 44.8. The lowest BCUT2D eigenvalue weighted by Gasteiger charge is -2.22.